The van der Waals surface area contributed by atoms with Crippen LogP contribution < -0.4 is 20.3 Å². The lowest BCUT2D eigenvalue weighted by Crippen LogP contribution is -2.40. The van der Waals surface area contributed by atoms with Crippen molar-refractivity contribution < 1.29 is 19.5 Å². The fraction of sp³-hybridized carbons (Fsp3) is 0.286. The summed E-state index contributed by atoms with van der Waals surface area (Å²) in [5.41, 5.74) is 3.19. The lowest BCUT2D eigenvalue weighted by molar-refractivity contribution is -0.138. The van der Waals surface area contributed by atoms with Crippen molar-refractivity contribution in [2.45, 2.75) is 26.9 Å². The molecule has 0 saturated heterocycles. The van der Waals surface area contributed by atoms with Crippen molar-refractivity contribution in [3.8, 4) is 11.5 Å². The smallest absolute Gasteiger partial charge is 0.284 e. The largest absolute Gasteiger partial charge is 0.493 e. The van der Waals surface area contributed by atoms with E-state index in [-0.39, 0.29) is 5.92 Å². The van der Waals surface area contributed by atoms with Crippen LogP contribution in [0.3, 0.4) is 0 Å². The number of carbonyl (C=O) groups is 1. The van der Waals surface area contributed by atoms with Gasteiger partial charge in [-0.2, -0.15) is 0 Å². The third kappa shape index (κ3) is 4.55. The fourth-order valence-corrected chi connectivity index (χ4v) is 2.96. The SMILES string of the molecule is COc1ccc(Nc2nc(C)nc3ccccc23)cc1OC(C(=O)NO)C(C)C. The number of benzene rings is 2. The fourth-order valence-electron chi connectivity index (χ4n) is 2.96. The van der Waals surface area contributed by atoms with Crippen LogP contribution in [-0.4, -0.2) is 34.3 Å². The van der Waals surface area contributed by atoms with E-state index in [1.165, 1.54) is 7.11 Å². The number of amides is 1. The van der Waals surface area contributed by atoms with Gasteiger partial charge in [-0.3, -0.25) is 10.0 Å². The number of hydroxylamine groups is 1. The van der Waals surface area contributed by atoms with Crippen LogP contribution in [0.4, 0.5) is 11.5 Å². The number of hydrogen-bond donors (Lipinski definition) is 3. The Labute approximate surface area is 168 Å². The van der Waals surface area contributed by atoms with E-state index in [0.717, 1.165) is 10.9 Å². The molecule has 8 heteroatoms. The average molecular weight is 396 g/mol. The second kappa shape index (κ2) is 8.74. The first-order valence-corrected chi connectivity index (χ1v) is 9.22. The van der Waals surface area contributed by atoms with E-state index in [2.05, 4.69) is 15.3 Å². The van der Waals surface area contributed by atoms with E-state index in [1.807, 2.05) is 51.1 Å². The number of nitrogens with one attached hydrogen (secondary N) is 2. The number of rotatable bonds is 7. The second-order valence-electron chi connectivity index (χ2n) is 6.89. The lowest BCUT2D eigenvalue weighted by Gasteiger charge is -2.22. The molecule has 3 rings (SSSR count). The number of fused-ring (bicyclic) bond motifs is 1. The van der Waals surface area contributed by atoms with Crippen molar-refractivity contribution in [1.29, 1.82) is 0 Å². The van der Waals surface area contributed by atoms with Gasteiger partial charge in [-0.15, -0.1) is 0 Å². The Morgan fingerprint density at radius 2 is 1.86 bits per heavy atom. The summed E-state index contributed by atoms with van der Waals surface area (Å²) in [6, 6.07) is 13.0. The first-order valence-electron chi connectivity index (χ1n) is 9.22. The number of nitrogens with zero attached hydrogens (tertiary/aromatic N) is 2. The van der Waals surface area contributed by atoms with Gasteiger partial charge in [0.05, 0.1) is 12.6 Å². The molecule has 0 aliphatic carbocycles. The summed E-state index contributed by atoms with van der Waals surface area (Å²) in [5, 5.41) is 13.2. The third-order valence-electron chi connectivity index (χ3n) is 4.37. The van der Waals surface area contributed by atoms with E-state index >= 15 is 0 Å². The number of para-hydroxylation sites is 1. The standard InChI is InChI=1S/C21H24N4O4/c1-12(2)19(21(26)25-27)29-18-11-14(9-10-17(18)28-4)24-20-15-7-5-6-8-16(15)22-13(3)23-20/h5-12,19,27H,1-4H3,(H,25,26)(H,22,23,24). The maximum absolute atomic E-state index is 12.0. The average Bonchev–Trinajstić information content (AvgIpc) is 2.71. The summed E-state index contributed by atoms with van der Waals surface area (Å²) in [4.78, 5) is 20.9. The van der Waals surface area contributed by atoms with Gasteiger partial charge in [-0.1, -0.05) is 26.0 Å². The minimum Gasteiger partial charge on any atom is -0.493 e. The van der Waals surface area contributed by atoms with Gasteiger partial charge in [0.15, 0.2) is 17.6 Å². The molecule has 0 aliphatic heterocycles. The number of ether oxygens (including phenoxy) is 2. The lowest BCUT2D eigenvalue weighted by atomic mass is 10.1. The monoisotopic (exact) mass is 396 g/mol. The Morgan fingerprint density at radius 1 is 1.10 bits per heavy atom. The first-order chi connectivity index (χ1) is 13.9. The highest BCUT2D eigenvalue weighted by molar-refractivity contribution is 5.90. The van der Waals surface area contributed by atoms with E-state index in [1.54, 1.807) is 17.6 Å². The molecule has 3 N–H and O–H groups in total. The highest BCUT2D eigenvalue weighted by atomic mass is 16.5. The van der Waals surface area contributed by atoms with Crippen molar-refractivity contribution in [3.63, 3.8) is 0 Å². The molecule has 152 valence electrons. The number of carbonyl (C=O) groups excluding carboxylic acids is 1. The number of aromatic nitrogens is 2. The molecule has 0 bridgehead atoms. The summed E-state index contributed by atoms with van der Waals surface area (Å²) >= 11 is 0. The molecule has 0 radical (unpaired) electrons. The van der Waals surface area contributed by atoms with Gasteiger partial charge in [0, 0.05) is 17.1 Å². The molecule has 3 aromatic rings. The minimum atomic E-state index is -0.883. The van der Waals surface area contributed by atoms with E-state index in [4.69, 9.17) is 14.7 Å². The molecule has 0 aliphatic rings. The molecule has 1 heterocycles. The molecule has 1 amide bonds. The van der Waals surface area contributed by atoms with Gasteiger partial charge in [0.2, 0.25) is 0 Å². The normalized spacial score (nSPS) is 11.9. The Balaban J connectivity index is 1.96. The minimum absolute atomic E-state index is 0.170. The number of hydrogen-bond acceptors (Lipinski definition) is 7. The first kappa shape index (κ1) is 20.3. The Bertz CT molecular complexity index is 1020. The van der Waals surface area contributed by atoms with E-state index in [0.29, 0.717) is 28.8 Å². The van der Waals surface area contributed by atoms with Crippen LogP contribution in [0, 0.1) is 12.8 Å². The van der Waals surface area contributed by atoms with Gasteiger partial charge < -0.3 is 14.8 Å². The van der Waals surface area contributed by atoms with E-state index < -0.39 is 12.0 Å². The molecule has 1 unspecified atom stereocenters. The van der Waals surface area contributed by atoms with Crippen molar-refractivity contribution in [2.75, 3.05) is 12.4 Å². The van der Waals surface area contributed by atoms with Gasteiger partial charge in [0.1, 0.15) is 11.6 Å². The zero-order chi connectivity index (χ0) is 21.0. The molecule has 0 fully saturated rings. The van der Waals surface area contributed by atoms with Crippen LogP contribution in [0.5, 0.6) is 11.5 Å². The molecule has 2 aromatic carbocycles. The zero-order valence-corrected chi connectivity index (χ0v) is 16.8. The maximum atomic E-state index is 12.0. The molecule has 8 nitrogen and oxygen atoms in total. The molecule has 0 saturated carbocycles. The Hall–Kier alpha value is -3.39. The summed E-state index contributed by atoms with van der Waals surface area (Å²) in [6.45, 7) is 5.48. The summed E-state index contributed by atoms with van der Waals surface area (Å²) in [5.74, 6) is 1.36. The predicted octanol–water partition coefficient (Wildman–Crippen LogP) is 3.60. The molecule has 1 aromatic heterocycles. The number of anilines is 2. The Morgan fingerprint density at radius 3 is 2.55 bits per heavy atom. The third-order valence-corrected chi connectivity index (χ3v) is 4.37. The topological polar surface area (TPSA) is 106 Å². The second-order valence-corrected chi connectivity index (χ2v) is 6.89. The zero-order valence-electron chi connectivity index (χ0n) is 16.8. The van der Waals surface area contributed by atoms with Crippen molar-refractivity contribution >= 4 is 28.3 Å². The molecule has 29 heavy (non-hydrogen) atoms. The highest BCUT2D eigenvalue weighted by Crippen LogP contribution is 2.34. The van der Waals surface area contributed by atoms with Gasteiger partial charge in [-0.05, 0) is 37.1 Å². The number of methoxy groups -OCH3 is 1. The van der Waals surface area contributed by atoms with Gasteiger partial charge in [-0.25, -0.2) is 15.4 Å². The van der Waals surface area contributed by atoms with Crippen LogP contribution in [-0.2, 0) is 4.79 Å². The molecule has 0 spiro atoms. The predicted molar refractivity (Wildman–Crippen MR) is 110 cm³/mol. The van der Waals surface area contributed by atoms with Crippen molar-refractivity contribution in [1.82, 2.24) is 15.4 Å². The number of aryl methyl sites for hydroxylation is 1. The van der Waals surface area contributed by atoms with Crippen molar-refractivity contribution in [3.05, 3.63) is 48.3 Å². The summed E-state index contributed by atoms with van der Waals surface area (Å²) < 4.78 is 11.2. The van der Waals surface area contributed by atoms with Gasteiger partial charge >= 0.3 is 0 Å². The Kier molecular flexibility index (Phi) is 6.13. The molecular formula is C21H24N4O4. The molecular weight excluding hydrogens is 372 g/mol. The maximum Gasteiger partial charge on any atom is 0.284 e. The van der Waals surface area contributed by atoms with E-state index in [9.17, 15) is 4.79 Å². The van der Waals surface area contributed by atoms with Crippen LogP contribution >= 0.6 is 0 Å². The highest BCUT2D eigenvalue weighted by Gasteiger charge is 2.25. The van der Waals surface area contributed by atoms with Crippen LogP contribution in [0.2, 0.25) is 0 Å². The van der Waals surface area contributed by atoms with Crippen LogP contribution in [0.1, 0.15) is 19.7 Å². The van der Waals surface area contributed by atoms with Crippen molar-refractivity contribution in [2.24, 2.45) is 5.92 Å². The van der Waals surface area contributed by atoms with Crippen LogP contribution in [0.15, 0.2) is 42.5 Å². The molecule has 1 atom stereocenters. The quantitative estimate of drug-likeness (QED) is 0.414. The van der Waals surface area contributed by atoms with Gasteiger partial charge in [0.25, 0.3) is 5.91 Å². The summed E-state index contributed by atoms with van der Waals surface area (Å²) in [7, 11) is 1.52. The summed E-state index contributed by atoms with van der Waals surface area (Å²) in [6.07, 6.45) is -0.883. The van der Waals surface area contributed by atoms with Crippen LogP contribution in [0.25, 0.3) is 10.9 Å².